The lowest BCUT2D eigenvalue weighted by molar-refractivity contribution is -0.133. The summed E-state index contributed by atoms with van der Waals surface area (Å²) in [6.45, 7) is 7.96. The van der Waals surface area contributed by atoms with Crippen molar-refractivity contribution in [2.45, 2.75) is 39.0 Å². The fraction of sp³-hybridized carbons (Fsp3) is 0.375. The van der Waals surface area contributed by atoms with Crippen LogP contribution in [-0.4, -0.2) is 21.5 Å². The summed E-state index contributed by atoms with van der Waals surface area (Å²) < 4.78 is 0. The second-order valence-corrected chi connectivity index (χ2v) is 6.95. The summed E-state index contributed by atoms with van der Waals surface area (Å²) in [7, 11) is 0. The molecule has 1 aromatic rings. The average molecular weight is 304 g/mol. The van der Waals surface area contributed by atoms with Crippen LogP contribution in [0.5, 0.6) is 0 Å². The van der Waals surface area contributed by atoms with Gasteiger partial charge in [-0.05, 0) is 19.4 Å². The van der Waals surface area contributed by atoms with E-state index in [9.17, 15) is 9.90 Å². The van der Waals surface area contributed by atoms with E-state index in [1.165, 1.54) is 0 Å². The molecule has 0 spiro atoms. The zero-order valence-corrected chi connectivity index (χ0v) is 13.5. The van der Waals surface area contributed by atoms with Crippen molar-refractivity contribution in [2.75, 3.05) is 0 Å². The van der Waals surface area contributed by atoms with Gasteiger partial charge in [-0.2, -0.15) is 0 Å². The third kappa shape index (κ3) is 3.67. The van der Waals surface area contributed by atoms with Crippen LogP contribution in [0.2, 0.25) is 0 Å². The van der Waals surface area contributed by atoms with Crippen LogP contribution in [0.25, 0.3) is 0 Å². The largest absolute Gasteiger partial charge is 0.478 e. The Labute approximate surface area is 129 Å². The molecule has 1 aliphatic heterocycles. The van der Waals surface area contributed by atoms with Crippen molar-refractivity contribution in [3.05, 3.63) is 46.7 Å². The fourth-order valence-corrected chi connectivity index (χ4v) is 3.11. The van der Waals surface area contributed by atoms with Crippen LogP contribution in [0.1, 0.15) is 37.9 Å². The van der Waals surface area contributed by atoms with Crippen LogP contribution in [0.4, 0.5) is 0 Å². The molecule has 112 valence electrons. The summed E-state index contributed by atoms with van der Waals surface area (Å²) >= 11 is 1.61. The molecule has 1 aromatic carbocycles. The summed E-state index contributed by atoms with van der Waals surface area (Å²) in [5.74, 6) is -0.927. The van der Waals surface area contributed by atoms with E-state index >= 15 is 0 Å². The number of carboxylic acids is 1. The molecule has 0 amide bonds. The third-order valence-corrected chi connectivity index (χ3v) is 4.06. The number of nitrogens with zero attached hydrogens (tertiary/aromatic N) is 1. The Kier molecular flexibility index (Phi) is 4.73. The van der Waals surface area contributed by atoms with Gasteiger partial charge in [-0.25, -0.2) is 9.79 Å². The monoisotopic (exact) mass is 304 g/mol. The second kappa shape index (κ2) is 6.35. The molecule has 0 radical (unpaired) electrons. The van der Waals surface area contributed by atoms with Crippen LogP contribution in [0, 0.1) is 6.92 Å². The first-order valence-electron chi connectivity index (χ1n) is 6.90. The minimum atomic E-state index is -0.927. The van der Waals surface area contributed by atoms with Gasteiger partial charge in [-0.3, -0.25) is 0 Å². The van der Waals surface area contributed by atoms with Gasteiger partial charge in [-0.1, -0.05) is 55.4 Å². The zero-order chi connectivity index (χ0) is 15.6. The minimum absolute atomic E-state index is 0.314. The van der Waals surface area contributed by atoms with Crippen molar-refractivity contribution in [2.24, 2.45) is 4.99 Å². The maximum atomic E-state index is 11.6. The number of rotatable bonds is 3. The summed E-state index contributed by atoms with van der Waals surface area (Å²) in [5.41, 5.74) is 2.98. The van der Waals surface area contributed by atoms with Crippen LogP contribution in [0.3, 0.4) is 0 Å². The number of benzene rings is 1. The van der Waals surface area contributed by atoms with Gasteiger partial charge >= 0.3 is 5.97 Å². The first kappa shape index (κ1) is 15.6. The molecule has 0 saturated heterocycles. The molecule has 0 bridgehead atoms. The summed E-state index contributed by atoms with van der Waals surface area (Å²) in [6, 6.07) is 7.40. The molecule has 21 heavy (non-hydrogen) atoms. The lowest BCUT2D eigenvalue weighted by atomic mass is 9.95. The van der Waals surface area contributed by atoms with E-state index in [0.717, 1.165) is 16.3 Å². The van der Waals surface area contributed by atoms with E-state index in [1.807, 2.05) is 31.2 Å². The number of nitrogens with one attached hydrogen (secondary N) is 1. The Balaban J connectivity index is 2.46. The first-order valence-corrected chi connectivity index (χ1v) is 7.78. The summed E-state index contributed by atoms with van der Waals surface area (Å²) in [5, 5.41) is 13.8. The molecule has 1 atom stereocenters. The van der Waals surface area contributed by atoms with Gasteiger partial charge < -0.3 is 10.4 Å². The van der Waals surface area contributed by atoms with Crippen molar-refractivity contribution in [3.63, 3.8) is 0 Å². The van der Waals surface area contributed by atoms with Crippen LogP contribution >= 0.6 is 11.8 Å². The number of aliphatic carboxylic acids is 1. The molecular weight excluding hydrogens is 284 g/mol. The smallest absolute Gasteiger partial charge is 0.335 e. The predicted octanol–water partition coefficient (Wildman–Crippen LogP) is 3.50. The molecule has 0 aromatic heterocycles. The van der Waals surface area contributed by atoms with Crippen molar-refractivity contribution in [3.8, 4) is 0 Å². The molecule has 0 fully saturated rings. The highest BCUT2D eigenvalue weighted by Gasteiger charge is 2.29. The van der Waals surface area contributed by atoms with Gasteiger partial charge in [0.1, 0.15) is 6.04 Å². The SMILES string of the molecule is CC1=C(C(=O)O)C(c2cccc(C)c2)N=C(SC(C)C)N1. The number of aryl methyl sites for hydroxylation is 1. The van der Waals surface area contributed by atoms with Crippen molar-refractivity contribution >= 4 is 22.9 Å². The van der Waals surface area contributed by atoms with Gasteiger partial charge in [0, 0.05) is 10.9 Å². The van der Waals surface area contributed by atoms with Gasteiger partial charge in [0.15, 0.2) is 5.17 Å². The standard InChI is InChI=1S/C16H20N2O2S/c1-9(2)21-16-17-11(4)13(15(19)20)14(18-16)12-7-5-6-10(3)8-12/h5-9,14H,1-4H3,(H,17,18)(H,19,20). The minimum Gasteiger partial charge on any atom is -0.478 e. The van der Waals surface area contributed by atoms with Crippen molar-refractivity contribution in [1.29, 1.82) is 0 Å². The highest BCUT2D eigenvalue weighted by molar-refractivity contribution is 8.14. The molecule has 2 N–H and O–H groups in total. The third-order valence-electron chi connectivity index (χ3n) is 3.15. The Hall–Kier alpha value is -1.75. The Morgan fingerprint density at radius 2 is 2.10 bits per heavy atom. The Morgan fingerprint density at radius 1 is 1.38 bits per heavy atom. The van der Waals surface area contributed by atoms with Crippen LogP contribution in [-0.2, 0) is 4.79 Å². The quantitative estimate of drug-likeness (QED) is 0.897. The first-order chi connectivity index (χ1) is 9.88. The van der Waals surface area contributed by atoms with Gasteiger partial charge in [-0.15, -0.1) is 0 Å². The number of hydrogen-bond acceptors (Lipinski definition) is 4. The van der Waals surface area contributed by atoms with Crippen LogP contribution < -0.4 is 5.32 Å². The number of thioether (sulfide) groups is 1. The van der Waals surface area contributed by atoms with E-state index in [2.05, 4.69) is 24.2 Å². The molecule has 0 aliphatic carbocycles. The second-order valence-electron chi connectivity index (χ2n) is 5.39. The van der Waals surface area contributed by atoms with E-state index < -0.39 is 12.0 Å². The van der Waals surface area contributed by atoms with E-state index in [0.29, 0.717) is 16.5 Å². The number of aliphatic imine (C=N–C) groups is 1. The molecular formula is C16H20N2O2S. The van der Waals surface area contributed by atoms with Crippen LogP contribution in [0.15, 0.2) is 40.5 Å². The molecule has 2 rings (SSSR count). The molecule has 1 heterocycles. The summed E-state index contributed by atoms with van der Waals surface area (Å²) in [4.78, 5) is 16.2. The number of hydrogen-bond donors (Lipinski definition) is 2. The van der Waals surface area contributed by atoms with Gasteiger partial charge in [0.05, 0.1) is 5.57 Å². The van der Waals surface area contributed by atoms with Gasteiger partial charge in [0.2, 0.25) is 0 Å². The van der Waals surface area contributed by atoms with E-state index in [-0.39, 0.29) is 0 Å². The van der Waals surface area contributed by atoms with Gasteiger partial charge in [0.25, 0.3) is 0 Å². The lowest BCUT2D eigenvalue weighted by Gasteiger charge is -2.25. The zero-order valence-electron chi connectivity index (χ0n) is 12.7. The normalized spacial score (nSPS) is 18.5. The molecule has 1 aliphatic rings. The number of allylic oxidation sites excluding steroid dienone is 1. The summed E-state index contributed by atoms with van der Waals surface area (Å²) in [6.07, 6.45) is 0. The predicted molar refractivity (Wildman–Crippen MR) is 87.6 cm³/mol. The topological polar surface area (TPSA) is 61.7 Å². The number of carbonyl (C=O) groups is 1. The molecule has 1 unspecified atom stereocenters. The maximum Gasteiger partial charge on any atom is 0.335 e. The maximum absolute atomic E-state index is 11.6. The Bertz CT molecular complexity index is 620. The van der Waals surface area contributed by atoms with E-state index in [1.54, 1.807) is 18.7 Å². The number of amidine groups is 1. The Morgan fingerprint density at radius 3 is 2.67 bits per heavy atom. The average Bonchev–Trinajstić information content (AvgIpc) is 2.36. The molecule has 0 saturated carbocycles. The highest BCUT2D eigenvalue weighted by atomic mass is 32.2. The number of carboxylic acid groups (broad SMARTS) is 1. The molecule has 4 nitrogen and oxygen atoms in total. The van der Waals surface area contributed by atoms with Crippen molar-refractivity contribution < 1.29 is 9.90 Å². The van der Waals surface area contributed by atoms with Crippen molar-refractivity contribution in [1.82, 2.24) is 5.32 Å². The molecule has 5 heteroatoms. The highest BCUT2D eigenvalue weighted by Crippen LogP contribution is 2.33. The fourth-order valence-electron chi connectivity index (χ4n) is 2.29. The van der Waals surface area contributed by atoms with E-state index in [4.69, 9.17) is 0 Å². The lowest BCUT2D eigenvalue weighted by Crippen LogP contribution is -2.30.